The number of β-amino-alcohol motifs (C(OH)–C–C–N with tert-alkyl or cyclic N) is 1. The smallest absolute Gasteiger partial charge is 0.142 e. The van der Waals surface area contributed by atoms with E-state index < -0.39 is 6.10 Å². The van der Waals surface area contributed by atoms with Crippen LogP contribution in [0.15, 0.2) is 48.5 Å². The summed E-state index contributed by atoms with van der Waals surface area (Å²) in [6, 6.07) is 17.3. The zero-order valence-corrected chi connectivity index (χ0v) is 14.4. The fourth-order valence-electron chi connectivity index (χ4n) is 3.19. The van der Waals surface area contributed by atoms with E-state index in [2.05, 4.69) is 21.9 Å². The Kier molecular flexibility index (Phi) is 5.54. The molecular weight excluding hydrogens is 314 g/mol. The van der Waals surface area contributed by atoms with Gasteiger partial charge < -0.3 is 14.7 Å². The Morgan fingerprint density at radius 3 is 2.40 bits per heavy atom. The number of nitriles is 1. The van der Waals surface area contributed by atoms with Crippen LogP contribution < -0.4 is 9.64 Å². The van der Waals surface area contributed by atoms with Gasteiger partial charge in [0.1, 0.15) is 5.75 Å². The summed E-state index contributed by atoms with van der Waals surface area (Å²) in [5, 5.41) is 19.3. The van der Waals surface area contributed by atoms with Gasteiger partial charge >= 0.3 is 0 Å². The summed E-state index contributed by atoms with van der Waals surface area (Å²) in [4.78, 5) is 4.60. The van der Waals surface area contributed by atoms with Crippen LogP contribution in [-0.4, -0.2) is 49.8 Å². The van der Waals surface area contributed by atoms with E-state index in [0.29, 0.717) is 12.1 Å². The summed E-state index contributed by atoms with van der Waals surface area (Å²) >= 11 is 0. The Hall–Kier alpha value is -2.55. The highest BCUT2D eigenvalue weighted by atomic mass is 16.5. The van der Waals surface area contributed by atoms with Crippen molar-refractivity contribution < 1.29 is 9.84 Å². The third-order valence-corrected chi connectivity index (χ3v) is 4.65. The molecule has 2 aromatic carbocycles. The molecule has 1 unspecified atom stereocenters. The van der Waals surface area contributed by atoms with Crippen LogP contribution >= 0.6 is 0 Å². The monoisotopic (exact) mass is 337 g/mol. The molecule has 0 aromatic heterocycles. The van der Waals surface area contributed by atoms with Crippen LogP contribution in [0.3, 0.4) is 0 Å². The predicted octanol–water partition coefficient (Wildman–Crippen LogP) is 2.42. The lowest BCUT2D eigenvalue weighted by Gasteiger charge is -2.37. The maximum absolute atomic E-state index is 10.4. The first-order valence-corrected chi connectivity index (χ1v) is 8.49. The molecule has 1 heterocycles. The summed E-state index contributed by atoms with van der Waals surface area (Å²) in [5.41, 5.74) is 2.59. The minimum absolute atomic E-state index is 0.537. The number of hydrogen-bond acceptors (Lipinski definition) is 5. The number of rotatable bonds is 5. The van der Waals surface area contributed by atoms with E-state index in [-0.39, 0.29) is 0 Å². The topological polar surface area (TPSA) is 59.7 Å². The van der Waals surface area contributed by atoms with E-state index in [0.717, 1.165) is 43.2 Å². The van der Waals surface area contributed by atoms with Gasteiger partial charge in [-0.2, -0.15) is 5.26 Å². The molecule has 3 rings (SSSR count). The molecule has 130 valence electrons. The van der Waals surface area contributed by atoms with Crippen LogP contribution in [0.4, 0.5) is 5.69 Å². The van der Waals surface area contributed by atoms with Gasteiger partial charge in [0.25, 0.3) is 0 Å². The lowest BCUT2D eigenvalue weighted by molar-refractivity contribution is 0.109. The number of methoxy groups -OCH3 is 1. The van der Waals surface area contributed by atoms with Crippen LogP contribution in [0.25, 0.3) is 0 Å². The SMILES string of the molecule is COc1ccccc1N1CCN(CC(O)c2ccc(C#N)cc2)CC1. The van der Waals surface area contributed by atoms with Gasteiger partial charge in [-0.1, -0.05) is 24.3 Å². The number of aliphatic hydroxyl groups is 1. The number of para-hydroxylation sites is 2. The van der Waals surface area contributed by atoms with Crippen LogP contribution in [0.1, 0.15) is 17.2 Å². The molecular formula is C20H23N3O2. The molecule has 5 heteroatoms. The molecule has 0 amide bonds. The number of ether oxygens (including phenoxy) is 1. The quantitative estimate of drug-likeness (QED) is 0.908. The van der Waals surface area contributed by atoms with Crippen molar-refractivity contribution in [3.8, 4) is 11.8 Å². The number of piperazine rings is 1. The number of hydrogen-bond donors (Lipinski definition) is 1. The Balaban J connectivity index is 1.56. The summed E-state index contributed by atoms with van der Waals surface area (Å²) < 4.78 is 5.45. The highest BCUT2D eigenvalue weighted by Gasteiger charge is 2.21. The number of benzene rings is 2. The van der Waals surface area contributed by atoms with Crippen molar-refractivity contribution in [2.75, 3.05) is 44.7 Å². The molecule has 1 N–H and O–H groups in total. The first-order chi connectivity index (χ1) is 12.2. The molecule has 0 aliphatic carbocycles. The van der Waals surface area contributed by atoms with E-state index in [1.165, 1.54) is 0 Å². The fraction of sp³-hybridized carbons (Fsp3) is 0.350. The predicted molar refractivity (Wildman–Crippen MR) is 97.8 cm³/mol. The lowest BCUT2D eigenvalue weighted by atomic mass is 10.1. The van der Waals surface area contributed by atoms with E-state index in [9.17, 15) is 5.11 Å². The lowest BCUT2D eigenvalue weighted by Crippen LogP contribution is -2.47. The molecule has 1 atom stereocenters. The van der Waals surface area contributed by atoms with Crippen molar-refractivity contribution in [2.45, 2.75) is 6.10 Å². The molecule has 0 bridgehead atoms. The Morgan fingerprint density at radius 1 is 1.08 bits per heavy atom. The zero-order chi connectivity index (χ0) is 17.6. The summed E-state index contributed by atoms with van der Waals surface area (Å²) in [6.07, 6.45) is -0.537. The summed E-state index contributed by atoms with van der Waals surface area (Å²) in [7, 11) is 1.70. The van der Waals surface area contributed by atoms with Gasteiger partial charge in [-0.3, -0.25) is 4.90 Å². The van der Waals surface area contributed by atoms with Crippen molar-refractivity contribution in [2.24, 2.45) is 0 Å². The third-order valence-electron chi connectivity index (χ3n) is 4.65. The molecule has 0 radical (unpaired) electrons. The van der Waals surface area contributed by atoms with E-state index in [4.69, 9.17) is 10.00 Å². The zero-order valence-electron chi connectivity index (χ0n) is 14.4. The number of aliphatic hydroxyl groups excluding tert-OH is 1. The normalized spacial score (nSPS) is 16.3. The first-order valence-electron chi connectivity index (χ1n) is 8.49. The van der Waals surface area contributed by atoms with Gasteiger partial charge in [-0.25, -0.2) is 0 Å². The number of nitrogens with zero attached hydrogens (tertiary/aromatic N) is 3. The number of anilines is 1. The summed E-state index contributed by atoms with van der Waals surface area (Å²) in [6.45, 7) is 4.20. The standard InChI is InChI=1S/C20H23N3O2/c1-25-20-5-3-2-4-18(20)23-12-10-22(11-13-23)15-19(24)17-8-6-16(14-21)7-9-17/h2-9,19,24H,10-13,15H2,1H3. The minimum atomic E-state index is -0.537. The van der Waals surface area contributed by atoms with Gasteiger partial charge in [0.2, 0.25) is 0 Å². The molecule has 25 heavy (non-hydrogen) atoms. The van der Waals surface area contributed by atoms with Gasteiger partial charge in [0, 0.05) is 32.7 Å². The van der Waals surface area contributed by atoms with Crippen molar-refractivity contribution in [1.29, 1.82) is 5.26 Å². The van der Waals surface area contributed by atoms with E-state index in [1.54, 1.807) is 19.2 Å². The highest BCUT2D eigenvalue weighted by Crippen LogP contribution is 2.28. The van der Waals surface area contributed by atoms with E-state index in [1.807, 2.05) is 30.3 Å². The molecule has 2 aromatic rings. The average molecular weight is 337 g/mol. The molecule has 1 aliphatic heterocycles. The second-order valence-electron chi connectivity index (χ2n) is 6.21. The molecule has 1 fully saturated rings. The third kappa shape index (κ3) is 4.11. The van der Waals surface area contributed by atoms with Gasteiger partial charge in [0.15, 0.2) is 0 Å². The Bertz CT molecular complexity index is 731. The average Bonchev–Trinajstić information content (AvgIpc) is 2.68. The highest BCUT2D eigenvalue weighted by molar-refractivity contribution is 5.58. The molecule has 0 spiro atoms. The van der Waals surface area contributed by atoms with Crippen molar-refractivity contribution in [3.63, 3.8) is 0 Å². The molecule has 1 aliphatic rings. The fourth-order valence-corrected chi connectivity index (χ4v) is 3.19. The maximum Gasteiger partial charge on any atom is 0.142 e. The Morgan fingerprint density at radius 2 is 1.76 bits per heavy atom. The van der Waals surface area contributed by atoms with Gasteiger partial charge in [-0.05, 0) is 29.8 Å². The Labute approximate surface area is 148 Å². The largest absolute Gasteiger partial charge is 0.495 e. The van der Waals surface area contributed by atoms with E-state index >= 15 is 0 Å². The second kappa shape index (κ2) is 8.02. The van der Waals surface area contributed by atoms with Crippen molar-refractivity contribution in [3.05, 3.63) is 59.7 Å². The second-order valence-corrected chi connectivity index (χ2v) is 6.21. The van der Waals surface area contributed by atoms with Crippen LogP contribution in [0.5, 0.6) is 5.75 Å². The van der Waals surface area contributed by atoms with Crippen LogP contribution in [-0.2, 0) is 0 Å². The molecule has 1 saturated heterocycles. The van der Waals surface area contributed by atoms with Crippen LogP contribution in [0, 0.1) is 11.3 Å². The van der Waals surface area contributed by atoms with Gasteiger partial charge in [-0.15, -0.1) is 0 Å². The molecule has 5 nitrogen and oxygen atoms in total. The first kappa shape index (κ1) is 17.3. The minimum Gasteiger partial charge on any atom is -0.495 e. The maximum atomic E-state index is 10.4. The van der Waals surface area contributed by atoms with Crippen molar-refractivity contribution >= 4 is 5.69 Å². The summed E-state index contributed by atoms with van der Waals surface area (Å²) in [5.74, 6) is 0.897. The molecule has 0 saturated carbocycles. The van der Waals surface area contributed by atoms with Gasteiger partial charge in [0.05, 0.1) is 30.5 Å². The van der Waals surface area contributed by atoms with Crippen LogP contribution in [0.2, 0.25) is 0 Å². The van der Waals surface area contributed by atoms with Crippen molar-refractivity contribution in [1.82, 2.24) is 4.90 Å².